The second-order valence-electron chi connectivity index (χ2n) is 3.58. The molecule has 2 N–H and O–H groups in total. The molecule has 0 aliphatic carbocycles. The highest BCUT2D eigenvalue weighted by atomic mass is 35.5. The number of methoxy groups -OCH3 is 1. The first-order chi connectivity index (χ1) is 7.60. The van der Waals surface area contributed by atoms with Gasteiger partial charge in [-0.1, -0.05) is 19.4 Å². The normalized spacial score (nSPS) is 11.5. The van der Waals surface area contributed by atoms with Crippen LogP contribution >= 0.6 is 12.4 Å². The summed E-state index contributed by atoms with van der Waals surface area (Å²) in [7, 11) is 1.41. The van der Waals surface area contributed by atoms with Crippen LogP contribution in [0.1, 0.15) is 31.4 Å². The van der Waals surface area contributed by atoms with Gasteiger partial charge in [0.2, 0.25) is 0 Å². The summed E-state index contributed by atoms with van der Waals surface area (Å²) in [5.41, 5.74) is 6.64. The van der Waals surface area contributed by atoms with E-state index in [1.165, 1.54) is 13.2 Å². The molecule has 0 saturated heterocycles. The zero-order valence-electron chi connectivity index (χ0n) is 9.88. The van der Waals surface area contributed by atoms with Crippen LogP contribution in [-0.2, 0) is 0 Å². The van der Waals surface area contributed by atoms with Gasteiger partial charge in [-0.25, -0.2) is 0 Å². The number of rotatable bonds is 5. The lowest BCUT2D eigenvalue weighted by molar-refractivity contribution is -0.385. The maximum absolute atomic E-state index is 10.8. The molecule has 1 atom stereocenters. The molecular weight excluding hydrogens is 244 g/mol. The molecule has 0 spiro atoms. The van der Waals surface area contributed by atoms with Crippen molar-refractivity contribution in [2.24, 2.45) is 5.73 Å². The zero-order chi connectivity index (χ0) is 12.1. The molecule has 0 aliphatic rings. The van der Waals surface area contributed by atoms with Gasteiger partial charge in [0.25, 0.3) is 0 Å². The van der Waals surface area contributed by atoms with E-state index in [0.717, 1.165) is 18.4 Å². The Morgan fingerprint density at radius 2 is 2.18 bits per heavy atom. The molecule has 0 amide bonds. The molecule has 0 unspecified atom stereocenters. The van der Waals surface area contributed by atoms with Gasteiger partial charge in [0.05, 0.1) is 12.0 Å². The molecule has 17 heavy (non-hydrogen) atoms. The highest BCUT2D eigenvalue weighted by molar-refractivity contribution is 5.85. The Balaban J connectivity index is 0.00000256. The summed E-state index contributed by atoms with van der Waals surface area (Å²) in [5, 5.41) is 10.8. The molecule has 1 aromatic carbocycles. The summed E-state index contributed by atoms with van der Waals surface area (Å²) < 4.78 is 4.92. The van der Waals surface area contributed by atoms with Crippen LogP contribution in [0.4, 0.5) is 5.69 Å². The number of nitrogens with zero attached hydrogens (tertiary/aromatic N) is 1. The van der Waals surface area contributed by atoms with Gasteiger partial charge in [0.15, 0.2) is 5.75 Å². The maximum atomic E-state index is 10.8. The average molecular weight is 261 g/mol. The van der Waals surface area contributed by atoms with Crippen molar-refractivity contribution < 1.29 is 9.66 Å². The Morgan fingerprint density at radius 1 is 1.53 bits per heavy atom. The van der Waals surface area contributed by atoms with E-state index >= 15 is 0 Å². The molecule has 0 fully saturated rings. The van der Waals surface area contributed by atoms with Crippen LogP contribution in [0.15, 0.2) is 18.2 Å². The van der Waals surface area contributed by atoms with Gasteiger partial charge in [-0.05, 0) is 18.1 Å². The molecule has 0 radical (unpaired) electrons. The van der Waals surface area contributed by atoms with Crippen molar-refractivity contribution in [1.82, 2.24) is 0 Å². The first kappa shape index (κ1) is 15.7. The van der Waals surface area contributed by atoms with E-state index in [-0.39, 0.29) is 29.9 Å². The highest BCUT2D eigenvalue weighted by Gasteiger charge is 2.17. The number of nitrogens with two attached hydrogens (primary N) is 1. The quantitative estimate of drug-likeness (QED) is 0.652. The Hall–Kier alpha value is -1.33. The summed E-state index contributed by atoms with van der Waals surface area (Å²) >= 11 is 0. The number of benzene rings is 1. The molecule has 5 nitrogen and oxygen atoms in total. The first-order valence-electron chi connectivity index (χ1n) is 5.18. The van der Waals surface area contributed by atoms with Crippen molar-refractivity contribution in [3.05, 3.63) is 33.9 Å². The van der Waals surface area contributed by atoms with Gasteiger partial charge >= 0.3 is 5.69 Å². The fraction of sp³-hybridized carbons (Fsp3) is 0.455. The minimum absolute atomic E-state index is 0. The van der Waals surface area contributed by atoms with E-state index in [1.807, 2.05) is 6.92 Å². The van der Waals surface area contributed by atoms with E-state index in [0.29, 0.717) is 0 Å². The van der Waals surface area contributed by atoms with Crippen LogP contribution < -0.4 is 10.5 Å². The SMILES string of the molecule is CCC[C@@H](N)c1ccc(OC)c([N+](=O)[O-])c1.Cl. The molecule has 1 aromatic rings. The van der Waals surface area contributed by atoms with E-state index in [9.17, 15) is 10.1 Å². The number of halogens is 1. The van der Waals surface area contributed by atoms with Crippen molar-refractivity contribution in [2.75, 3.05) is 7.11 Å². The molecular formula is C11H17ClN2O3. The first-order valence-corrected chi connectivity index (χ1v) is 5.18. The summed E-state index contributed by atoms with van der Waals surface area (Å²) in [6.45, 7) is 2.03. The Labute approximate surface area is 107 Å². The van der Waals surface area contributed by atoms with Crippen molar-refractivity contribution in [3.63, 3.8) is 0 Å². The summed E-state index contributed by atoms with van der Waals surface area (Å²) in [6.07, 6.45) is 1.75. The van der Waals surface area contributed by atoms with Crippen molar-refractivity contribution in [2.45, 2.75) is 25.8 Å². The van der Waals surface area contributed by atoms with E-state index < -0.39 is 4.92 Å². The second kappa shape index (κ2) is 7.09. The summed E-state index contributed by atoms with van der Waals surface area (Å²) in [4.78, 5) is 10.3. The van der Waals surface area contributed by atoms with Crippen molar-refractivity contribution in [3.8, 4) is 5.75 Å². The molecule has 0 aliphatic heterocycles. The minimum Gasteiger partial charge on any atom is -0.490 e. The Morgan fingerprint density at radius 3 is 2.65 bits per heavy atom. The lowest BCUT2D eigenvalue weighted by atomic mass is 10.0. The molecule has 0 bridgehead atoms. The largest absolute Gasteiger partial charge is 0.490 e. The maximum Gasteiger partial charge on any atom is 0.311 e. The van der Waals surface area contributed by atoms with Crippen LogP contribution in [0.5, 0.6) is 5.75 Å². The monoisotopic (exact) mass is 260 g/mol. The topological polar surface area (TPSA) is 78.4 Å². The van der Waals surface area contributed by atoms with Crippen LogP contribution in [0.3, 0.4) is 0 Å². The fourth-order valence-electron chi connectivity index (χ4n) is 1.56. The number of ether oxygens (including phenoxy) is 1. The standard InChI is InChI=1S/C11H16N2O3.ClH/c1-3-4-9(12)8-5-6-11(16-2)10(7-8)13(14)15;/h5-7,9H,3-4,12H2,1-2H3;1H/t9-;/m1./s1. The smallest absolute Gasteiger partial charge is 0.311 e. The predicted octanol–water partition coefficient (Wildman–Crippen LogP) is 2.83. The van der Waals surface area contributed by atoms with Crippen LogP contribution in [0.25, 0.3) is 0 Å². The van der Waals surface area contributed by atoms with Crippen molar-refractivity contribution in [1.29, 1.82) is 0 Å². The Kier molecular flexibility index (Phi) is 6.53. The van der Waals surface area contributed by atoms with Gasteiger partial charge in [-0.2, -0.15) is 0 Å². The van der Waals surface area contributed by atoms with Gasteiger partial charge in [-0.3, -0.25) is 10.1 Å². The minimum atomic E-state index is -0.457. The number of nitro groups is 1. The second-order valence-corrected chi connectivity index (χ2v) is 3.58. The van der Waals surface area contributed by atoms with Gasteiger partial charge < -0.3 is 10.5 Å². The van der Waals surface area contributed by atoms with Crippen LogP contribution in [0.2, 0.25) is 0 Å². The van der Waals surface area contributed by atoms with Crippen LogP contribution in [0, 0.1) is 10.1 Å². The summed E-state index contributed by atoms with van der Waals surface area (Å²) in [5.74, 6) is 0.262. The molecule has 96 valence electrons. The van der Waals surface area contributed by atoms with Crippen molar-refractivity contribution >= 4 is 18.1 Å². The third-order valence-corrected chi connectivity index (χ3v) is 2.43. The molecule has 0 aromatic heterocycles. The van der Waals surface area contributed by atoms with Gasteiger partial charge in [-0.15, -0.1) is 12.4 Å². The lowest BCUT2D eigenvalue weighted by Crippen LogP contribution is -2.10. The third kappa shape index (κ3) is 3.87. The van der Waals surface area contributed by atoms with E-state index in [4.69, 9.17) is 10.5 Å². The molecule has 0 saturated carbocycles. The van der Waals surface area contributed by atoms with Crippen LogP contribution in [-0.4, -0.2) is 12.0 Å². The number of hydrogen-bond acceptors (Lipinski definition) is 4. The fourth-order valence-corrected chi connectivity index (χ4v) is 1.56. The van der Waals surface area contributed by atoms with Gasteiger partial charge in [0, 0.05) is 12.1 Å². The lowest BCUT2D eigenvalue weighted by Gasteiger charge is -2.11. The van der Waals surface area contributed by atoms with E-state index in [2.05, 4.69) is 0 Å². The predicted molar refractivity (Wildman–Crippen MR) is 68.7 cm³/mol. The zero-order valence-corrected chi connectivity index (χ0v) is 10.7. The Bertz CT molecular complexity index is 385. The molecule has 1 rings (SSSR count). The van der Waals surface area contributed by atoms with Gasteiger partial charge in [0.1, 0.15) is 0 Å². The third-order valence-electron chi connectivity index (χ3n) is 2.43. The highest BCUT2D eigenvalue weighted by Crippen LogP contribution is 2.30. The number of nitro benzene ring substituents is 1. The molecule has 0 heterocycles. The van der Waals surface area contributed by atoms with E-state index in [1.54, 1.807) is 12.1 Å². The average Bonchev–Trinajstić information content (AvgIpc) is 2.28. The summed E-state index contributed by atoms with van der Waals surface area (Å²) in [6, 6.07) is 4.68. The number of hydrogen-bond donors (Lipinski definition) is 1. The molecule has 6 heteroatoms.